The van der Waals surface area contributed by atoms with Gasteiger partial charge in [0.2, 0.25) is 5.91 Å². The smallest absolute Gasteiger partial charge is 0.237 e. The first kappa shape index (κ1) is 16.9. The van der Waals surface area contributed by atoms with E-state index in [4.69, 9.17) is 0 Å². The van der Waals surface area contributed by atoms with Crippen molar-refractivity contribution in [3.63, 3.8) is 0 Å². The monoisotopic (exact) mass is 363 g/mol. The van der Waals surface area contributed by atoms with E-state index in [1.54, 1.807) is 11.0 Å². The van der Waals surface area contributed by atoms with Crippen LogP contribution in [0.1, 0.15) is 56.1 Å². The minimum atomic E-state index is -0.372. The number of Topliss-reactive ketones (excluding diaryl/α,β-unsaturated/α-hetero) is 1. The molecule has 0 aromatic heterocycles. The molecule has 140 valence electrons. The molecule has 0 radical (unpaired) electrons. The summed E-state index contributed by atoms with van der Waals surface area (Å²) >= 11 is 0. The predicted molar refractivity (Wildman–Crippen MR) is 101 cm³/mol. The van der Waals surface area contributed by atoms with E-state index in [1.165, 1.54) is 11.1 Å². The SMILES string of the molecule is C[C@]12CC[C@@H]3c4ccc(O)cc4CC[C@H]3[C@@H]1[C@@H](C(=O)N1C#CCC1)CC2=O. The summed E-state index contributed by atoms with van der Waals surface area (Å²) in [5.41, 5.74) is 2.18. The standard InChI is InChI=1S/C23H25NO3/c1-23-9-8-17-16-7-5-15(25)12-14(16)4-6-18(17)21(23)19(13-20(23)26)22(27)24-10-2-3-11-24/h5,7,12,17-19,21,25H,2,4,6,8-10,13H2,1H3/t17-,18-,19+,21-,23-/m1/s1. The van der Waals surface area contributed by atoms with E-state index in [2.05, 4.69) is 25.0 Å². The summed E-state index contributed by atoms with van der Waals surface area (Å²) in [5, 5.41) is 9.84. The van der Waals surface area contributed by atoms with Crippen molar-refractivity contribution in [1.29, 1.82) is 0 Å². The lowest BCUT2D eigenvalue weighted by atomic mass is 9.54. The molecule has 0 unspecified atom stereocenters. The second-order valence-electron chi connectivity index (χ2n) is 8.94. The summed E-state index contributed by atoms with van der Waals surface area (Å²) in [6, 6.07) is 8.67. The molecule has 1 aromatic rings. The van der Waals surface area contributed by atoms with E-state index in [9.17, 15) is 14.7 Å². The van der Waals surface area contributed by atoms with Crippen molar-refractivity contribution in [2.45, 2.75) is 51.4 Å². The van der Waals surface area contributed by atoms with Crippen molar-refractivity contribution in [3.8, 4) is 17.7 Å². The van der Waals surface area contributed by atoms with Gasteiger partial charge in [-0.1, -0.05) is 18.9 Å². The van der Waals surface area contributed by atoms with Gasteiger partial charge in [-0.25, -0.2) is 0 Å². The van der Waals surface area contributed by atoms with Crippen molar-refractivity contribution in [3.05, 3.63) is 29.3 Å². The van der Waals surface area contributed by atoms with Crippen molar-refractivity contribution < 1.29 is 14.7 Å². The Morgan fingerprint density at radius 3 is 2.96 bits per heavy atom. The molecule has 2 saturated carbocycles. The molecule has 5 rings (SSSR count). The molecule has 1 aliphatic heterocycles. The Bertz CT molecular complexity index is 895. The Kier molecular flexibility index (Phi) is 3.66. The van der Waals surface area contributed by atoms with E-state index in [0.717, 1.165) is 32.1 Å². The van der Waals surface area contributed by atoms with Crippen LogP contribution in [0.5, 0.6) is 5.75 Å². The lowest BCUT2D eigenvalue weighted by molar-refractivity contribution is -0.136. The highest BCUT2D eigenvalue weighted by atomic mass is 16.3. The fourth-order valence-corrected chi connectivity index (χ4v) is 6.43. The van der Waals surface area contributed by atoms with Crippen molar-refractivity contribution in [1.82, 2.24) is 4.90 Å². The number of hydrogen-bond acceptors (Lipinski definition) is 3. The van der Waals surface area contributed by atoms with Gasteiger partial charge in [0.25, 0.3) is 0 Å². The van der Waals surface area contributed by atoms with E-state index in [-0.39, 0.29) is 28.9 Å². The maximum atomic E-state index is 13.2. The van der Waals surface area contributed by atoms with Crippen LogP contribution < -0.4 is 0 Å². The zero-order valence-electron chi connectivity index (χ0n) is 15.7. The van der Waals surface area contributed by atoms with Gasteiger partial charge < -0.3 is 5.11 Å². The molecule has 2 fully saturated rings. The molecule has 5 atom stereocenters. The third kappa shape index (κ3) is 2.37. The Labute approximate surface area is 159 Å². The number of amides is 1. The molecule has 1 aromatic carbocycles. The van der Waals surface area contributed by atoms with E-state index < -0.39 is 0 Å². The lowest BCUT2D eigenvalue weighted by Gasteiger charge is -2.49. The maximum absolute atomic E-state index is 13.2. The minimum absolute atomic E-state index is 0.0687. The van der Waals surface area contributed by atoms with Crippen LogP contribution in [0.4, 0.5) is 0 Å². The highest BCUT2D eigenvalue weighted by Crippen LogP contribution is 2.61. The van der Waals surface area contributed by atoms with Crippen LogP contribution in [0.25, 0.3) is 0 Å². The molecular formula is C23H25NO3. The molecule has 4 aliphatic rings. The fourth-order valence-electron chi connectivity index (χ4n) is 6.43. The number of fused-ring (bicyclic) bond motifs is 5. The highest BCUT2D eigenvalue weighted by Gasteiger charge is 2.60. The molecule has 0 spiro atoms. The number of rotatable bonds is 1. The third-order valence-corrected chi connectivity index (χ3v) is 7.69. The number of ketones is 1. The molecule has 4 heteroatoms. The Hall–Kier alpha value is -2.28. The highest BCUT2D eigenvalue weighted by molar-refractivity contribution is 5.95. The Morgan fingerprint density at radius 2 is 2.19 bits per heavy atom. The molecule has 0 saturated heterocycles. The minimum Gasteiger partial charge on any atom is -0.508 e. The summed E-state index contributed by atoms with van der Waals surface area (Å²) in [6.07, 6.45) is 4.86. The number of nitrogens with zero attached hydrogens (tertiary/aromatic N) is 1. The summed E-state index contributed by atoms with van der Waals surface area (Å²) in [4.78, 5) is 27.8. The second-order valence-corrected chi connectivity index (χ2v) is 8.94. The zero-order valence-corrected chi connectivity index (χ0v) is 15.7. The summed E-state index contributed by atoms with van der Waals surface area (Å²) in [7, 11) is 0. The molecule has 27 heavy (non-hydrogen) atoms. The largest absolute Gasteiger partial charge is 0.508 e. The fraction of sp³-hybridized carbons (Fsp3) is 0.565. The summed E-state index contributed by atoms with van der Waals surface area (Å²) in [6.45, 7) is 2.74. The molecule has 1 amide bonds. The van der Waals surface area contributed by atoms with Gasteiger partial charge >= 0.3 is 0 Å². The number of benzene rings is 1. The maximum Gasteiger partial charge on any atom is 0.237 e. The van der Waals surface area contributed by atoms with Crippen molar-refractivity contribution in [2.75, 3.05) is 6.54 Å². The van der Waals surface area contributed by atoms with Gasteiger partial charge in [0.1, 0.15) is 11.5 Å². The van der Waals surface area contributed by atoms with Gasteiger partial charge in [0, 0.05) is 30.8 Å². The number of phenols is 1. The first-order chi connectivity index (χ1) is 13.0. The Morgan fingerprint density at radius 1 is 1.33 bits per heavy atom. The van der Waals surface area contributed by atoms with Crippen LogP contribution >= 0.6 is 0 Å². The van der Waals surface area contributed by atoms with Gasteiger partial charge in [-0.05, 0) is 66.7 Å². The van der Waals surface area contributed by atoms with Crippen LogP contribution in [0.3, 0.4) is 0 Å². The molecule has 1 heterocycles. The number of aryl methyl sites for hydroxylation is 1. The number of phenolic OH excluding ortho intramolecular Hbond substituents is 1. The quantitative estimate of drug-likeness (QED) is 0.780. The van der Waals surface area contributed by atoms with Crippen LogP contribution in [-0.2, 0) is 16.0 Å². The predicted octanol–water partition coefficient (Wildman–Crippen LogP) is 3.24. The van der Waals surface area contributed by atoms with Crippen LogP contribution in [0.2, 0.25) is 0 Å². The summed E-state index contributed by atoms with van der Waals surface area (Å²) in [5.74, 6) is 4.29. The first-order valence-electron chi connectivity index (χ1n) is 10.1. The normalized spacial score (nSPS) is 36.5. The molecule has 3 aliphatic carbocycles. The van der Waals surface area contributed by atoms with E-state index >= 15 is 0 Å². The van der Waals surface area contributed by atoms with Gasteiger partial charge in [0.15, 0.2) is 0 Å². The molecule has 4 nitrogen and oxygen atoms in total. The van der Waals surface area contributed by atoms with Crippen LogP contribution in [0, 0.1) is 35.1 Å². The van der Waals surface area contributed by atoms with Crippen molar-refractivity contribution >= 4 is 11.7 Å². The third-order valence-electron chi connectivity index (χ3n) is 7.69. The van der Waals surface area contributed by atoms with Gasteiger partial charge in [0.05, 0.1) is 5.92 Å². The Balaban J connectivity index is 1.52. The topological polar surface area (TPSA) is 57.6 Å². The molecule has 0 bridgehead atoms. The number of carbonyl (C=O) groups excluding carboxylic acids is 2. The zero-order chi connectivity index (χ0) is 18.8. The lowest BCUT2D eigenvalue weighted by Crippen LogP contribution is -2.47. The van der Waals surface area contributed by atoms with Crippen LogP contribution in [0.15, 0.2) is 18.2 Å². The average molecular weight is 363 g/mol. The number of aromatic hydroxyl groups is 1. The summed E-state index contributed by atoms with van der Waals surface area (Å²) < 4.78 is 0. The molecule has 1 N–H and O–H groups in total. The van der Waals surface area contributed by atoms with Crippen LogP contribution in [-0.4, -0.2) is 28.2 Å². The second kappa shape index (κ2) is 5.86. The van der Waals surface area contributed by atoms with Gasteiger partial charge in [-0.2, -0.15) is 0 Å². The number of carbonyl (C=O) groups is 2. The molecular weight excluding hydrogens is 338 g/mol. The number of hydrogen-bond donors (Lipinski definition) is 1. The van der Waals surface area contributed by atoms with Crippen molar-refractivity contribution in [2.24, 2.45) is 23.2 Å². The van der Waals surface area contributed by atoms with Gasteiger partial charge in [-0.15, -0.1) is 0 Å². The van der Waals surface area contributed by atoms with E-state index in [1.807, 2.05) is 6.07 Å². The van der Waals surface area contributed by atoms with Gasteiger partial charge in [-0.3, -0.25) is 14.5 Å². The first-order valence-corrected chi connectivity index (χ1v) is 10.1. The van der Waals surface area contributed by atoms with E-state index in [0.29, 0.717) is 30.6 Å². The average Bonchev–Trinajstić information content (AvgIpc) is 3.28.